The number of carbonyl (C=O) groups excluding carboxylic acids is 1. The number of benzene rings is 1. The first kappa shape index (κ1) is 25.2. The molecule has 4 rings (SSSR count). The number of pyridine rings is 1. The third kappa shape index (κ3) is 6.04. The van der Waals surface area contributed by atoms with Crippen molar-refractivity contribution in [2.24, 2.45) is 0 Å². The first-order chi connectivity index (χ1) is 17.1. The Morgan fingerprint density at radius 2 is 1.83 bits per heavy atom. The Bertz CT molecular complexity index is 1360. The van der Waals surface area contributed by atoms with Gasteiger partial charge >= 0.3 is 0 Å². The number of aryl methyl sites for hydroxylation is 1. The molecule has 0 saturated carbocycles. The zero-order chi connectivity index (χ0) is 25.9. The molecular weight excluding hydrogens is 470 g/mol. The van der Waals surface area contributed by atoms with E-state index in [0.717, 1.165) is 33.1 Å². The summed E-state index contributed by atoms with van der Waals surface area (Å²) < 4.78 is 0. The topological polar surface area (TPSA) is 95.9 Å². The van der Waals surface area contributed by atoms with Gasteiger partial charge < -0.3 is 15.5 Å². The molecule has 0 saturated heterocycles. The van der Waals surface area contributed by atoms with Gasteiger partial charge in [0.2, 0.25) is 5.95 Å². The molecule has 2 N–H and O–H groups in total. The largest absolute Gasteiger partial charge is 0.376 e. The number of hydrogen-bond acceptors (Lipinski definition) is 8. The zero-order valence-electron chi connectivity index (χ0n) is 21.5. The van der Waals surface area contributed by atoms with E-state index in [-0.39, 0.29) is 11.3 Å². The Labute approximate surface area is 215 Å². The van der Waals surface area contributed by atoms with Crippen LogP contribution in [0, 0.1) is 6.92 Å². The van der Waals surface area contributed by atoms with E-state index in [1.54, 1.807) is 18.6 Å². The highest BCUT2D eigenvalue weighted by Gasteiger charge is 2.20. The number of carbonyl (C=O) groups is 1. The van der Waals surface area contributed by atoms with Gasteiger partial charge in [-0.1, -0.05) is 32.9 Å². The average Bonchev–Trinajstić information content (AvgIpc) is 3.35. The third-order valence-electron chi connectivity index (χ3n) is 5.61. The molecule has 9 heteroatoms. The van der Waals surface area contributed by atoms with Gasteiger partial charge in [0.05, 0.1) is 28.8 Å². The molecule has 0 spiro atoms. The minimum absolute atomic E-state index is 0.0702. The second-order valence-electron chi connectivity index (χ2n) is 9.79. The minimum atomic E-state index is -0.106. The molecule has 4 aromatic rings. The Morgan fingerprint density at radius 3 is 2.47 bits per heavy atom. The molecule has 0 bridgehead atoms. The number of amides is 1. The summed E-state index contributed by atoms with van der Waals surface area (Å²) >= 11 is 1.44. The van der Waals surface area contributed by atoms with Crippen LogP contribution in [0.15, 0.2) is 55.0 Å². The monoisotopic (exact) mass is 501 g/mol. The first-order valence-electron chi connectivity index (χ1n) is 11.7. The van der Waals surface area contributed by atoms with E-state index in [2.05, 4.69) is 57.4 Å². The predicted molar refractivity (Wildman–Crippen MR) is 146 cm³/mol. The summed E-state index contributed by atoms with van der Waals surface area (Å²) in [5.74, 6) is 1.05. The van der Waals surface area contributed by atoms with Crippen LogP contribution in [0.3, 0.4) is 0 Å². The van der Waals surface area contributed by atoms with Crippen LogP contribution < -0.4 is 15.5 Å². The number of nitrogens with one attached hydrogen (secondary N) is 2. The normalized spacial score (nSPS) is 11.3. The molecular formula is C27H31N7OS. The molecule has 1 aromatic carbocycles. The van der Waals surface area contributed by atoms with Gasteiger partial charge in [0.1, 0.15) is 10.7 Å². The fourth-order valence-corrected chi connectivity index (χ4v) is 4.35. The molecule has 36 heavy (non-hydrogen) atoms. The lowest BCUT2D eigenvalue weighted by Gasteiger charge is -2.13. The summed E-state index contributed by atoms with van der Waals surface area (Å²) in [5.41, 5.74) is 4.84. The summed E-state index contributed by atoms with van der Waals surface area (Å²) in [7, 11) is 3.95. The lowest BCUT2D eigenvalue weighted by atomic mass is 9.98. The zero-order valence-corrected chi connectivity index (χ0v) is 22.3. The summed E-state index contributed by atoms with van der Waals surface area (Å²) in [6.07, 6.45) is 5.18. The van der Waals surface area contributed by atoms with Crippen LogP contribution in [0.1, 0.15) is 46.6 Å². The van der Waals surface area contributed by atoms with Crippen LogP contribution in [-0.4, -0.2) is 39.9 Å². The molecule has 186 valence electrons. The molecule has 0 fully saturated rings. The molecule has 1 amide bonds. The molecule has 0 atom stereocenters. The summed E-state index contributed by atoms with van der Waals surface area (Å²) in [5, 5.41) is 7.13. The van der Waals surface area contributed by atoms with Crippen LogP contribution >= 0.6 is 11.3 Å². The fraction of sp³-hybridized carbons (Fsp3) is 0.296. The van der Waals surface area contributed by atoms with Gasteiger partial charge in [0, 0.05) is 37.8 Å². The maximum Gasteiger partial charge on any atom is 0.263 e. The Balaban J connectivity index is 1.42. The van der Waals surface area contributed by atoms with Crippen molar-refractivity contribution in [1.29, 1.82) is 0 Å². The Hall–Kier alpha value is -3.85. The molecule has 3 heterocycles. The number of anilines is 3. The van der Waals surface area contributed by atoms with Gasteiger partial charge in [-0.2, -0.15) is 0 Å². The van der Waals surface area contributed by atoms with Crippen LogP contribution in [0.2, 0.25) is 0 Å². The molecule has 0 aliphatic rings. The van der Waals surface area contributed by atoms with Gasteiger partial charge in [0.25, 0.3) is 5.91 Å². The lowest BCUT2D eigenvalue weighted by Crippen LogP contribution is -2.22. The number of hydrogen-bond donors (Lipinski definition) is 2. The first-order valence-corrected chi connectivity index (χ1v) is 12.5. The predicted octanol–water partition coefficient (Wildman–Crippen LogP) is 5.34. The quantitative estimate of drug-likeness (QED) is 0.353. The molecule has 0 aliphatic heterocycles. The molecule has 0 unspecified atom stereocenters. The van der Waals surface area contributed by atoms with Crippen molar-refractivity contribution >= 4 is 34.7 Å². The van der Waals surface area contributed by atoms with E-state index < -0.39 is 0 Å². The Morgan fingerprint density at radius 1 is 1.03 bits per heavy atom. The number of thiazole rings is 1. The van der Waals surface area contributed by atoms with Crippen molar-refractivity contribution in [1.82, 2.24) is 25.3 Å². The van der Waals surface area contributed by atoms with E-state index in [0.29, 0.717) is 23.2 Å². The highest BCUT2D eigenvalue weighted by atomic mass is 32.1. The number of nitrogens with zero attached hydrogens (tertiary/aromatic N) is 5. The fourth-order valence-electron chi connectivity index (χ4n) is 3.46. The van der Waals surface area contributed by atoms with Crippen LogP contribution in [0.5, 0.6) is 0 Å². The standard InChI is InChI=1S/C27H31N7OS/c1-17-13-18(7-8-19(17)14-30-24(35)22-16-31-25(36-22)27(2,3)4)21-11-12-28-26(32-21)33-23-10-9-20(15-29-23)34(5)6/h7-13,15-16H,14H2,1-6H3,(H,30,35)(H,28,29,32,33). The van der Waals surface area contributed by atoms with Crippen molar-refractivity contribution in [3.8, 4) is 11.3 Å². The second kappa shape index (κ2) is 10.4. The highest BCUT2D eigenvalue weighted by molar-refractivity contribution is 7.13. The number of aromatic nitrogens is 4. The van der Waals surface area contributed by atoms with E-state index in [1.807, 2.05) is 56.3 Å². The van der Waals surface area contributed by atoms with Gasteiger partial charge in [-0.05, 0) is 42.3 Å². The summed E-state index contributed by atoms with van der Waals surface area (Å²) in [6, 6.07) is 11.9. The van der Waals surface area contributed by atoms with Crippen LogP contribution in [0.4, 0.5) is 17.5 Å². The average molecular weight is 502 g/mol. The SMILES string of the molecule is Cc1cc(-c2ccnc(Nc3ccc(N(C)C)cn3)n2)ccc1CNC(=O)c1cnc(C(C)(C)C)s1. The van der Waals surface area contributed by atoms with Gasteiger partial charge in [-0.25, -0.2) is 19.9 Å². The van der Waals surface area contributed by atoms with Crippen molar-refractivity contribution in [3.63, 3.8) is 0 Å². The molecule has 3 aromatic heterocycles. The third-order valence-corrected chi connectivity index (χ3v) is 7.03. The smallest absolute Gasteiger partial charge is 0.263 e. The van der Waals surface area contributed by atoms with E-state index >= 15 is 0 Å². The summed E-state index contributed by atoms with van der Waals surface area (Å²) in [6.45, 7) is 8.75. The Kier molecular flexibility index (Phi) is 7.30. The lowest BCUT2D eigenvalue weighted by molar-refractivity contribution is 0.0954. The van der Waals surface area contributed by atoms with Crippen molar-refractivity contribution in [3.05, 3.63) is 76.0 Å². The van der Waals surface area contributed by atoms with Gasteiger partial charge in [-0.15, -0.1) is 11.3 Å². The van der Waals surface area contributed by atoms with Gasteiger partial charge in [0.15, 0.2) is 0 Å². The minimum Gasteiger partial charge on any atom is -0.376 e. The van der Waals surface area contributed by atoms with Crippen molar-refractivity contribution < 1.29 is 4.79 Å². The van der Waals surface area contributed by atoms with Crippen molar-refractivity contribution in [2.75, 3.05) is 24.3 Å². The summed E-state index contributed by atoms with van der Waals surface area (Å²) in [4.78, 5) is 33.1. The van der Waals surface area contributed by atoms with Gasteiger partial charge in [-0.3, -0.25) is 4.79 Å². The van der Waals surface area contributed by atoms with Crippen molar-refractivity contribution in [2.45, 2.75) is 39.7 Å². The molecule has 0 radical (unpaired) electrons. The van der Waals surface area contributed by atoms with E-state index in [1.165, 1.54) is 11.3 Å². The maximum atomic E-state index is 12.6. The molecule has 8 nitrogen and oxygen atoms in total. The highest BCUT2D eigenvalue weighted by Crippen LogP contribution is 2.27. The van der Waals surface area contributed by atoms with E-state index in [4.69, 9.17) is 0 Å². The van der Waals surface area contributed by atoms with Crippen LogP contribution in [-0.2, 0) is 12.0 Å². The van der Waals surface area contributed by atoms with Crippen LogP contribution in [0.25, 0.3) is 11.3 Å². The maximum absolute atomic E-state index is 12.6. The number of rotatable bonds is 7. The second-order valence-corrected chi connectivity index (χ2v) is 10.8. The molecule has 0 aliphatic carbocycles. The van der Waals surface area contributed by atoms with E-state index in [9.17, 15) is 4.79 Å².